The van der Waals surface area contributed by atoms with Crippen molar-refractivity contribution in [3.63, 3.8) is 0 Å². The Bertz CT molecular complexity index is 714. The first kappa shape index (κ1) is 17.6. The Morgan fingerprint density at radius 1 is 1.28 bits per heavy atom. The molecule has 1 saturated heterocycles. The first-order valence-electron chi connectivity index (χ1n) is 8.00. The fourth-order valence-corrected chi connectivity index (χ4v) is 3.05. The highest BCUT2D eigenvalue weighted by Gasteiger charge is 2.62. The first-order chi connectivity index (χ1) is 11.6. The Labute approximate surface area is 142 Å². The highest BCUT2D eigenvalue weighted by molar-refractivity contribution is 5.84. The maximum Gasteiger partial charge on any atom is 0.348 e. The highest BCUT2D eigenvalue weighted by atomic mass is 19.3. The van der Waals surface area contributed by atoms with Crippen LogP contribution in [-0.2, 0) is 9.59 Å². The minimum Gasteiger partial charge on any atom is -0.478 e. The molecule has 0 bridgehead atoms. The van der Waals surface area contributed by atoms with E-state index in [1.54, 1.807) is 6.92 Å². The average molecular weight is 357 g/mol. The van der Waals surface area contributed by atoms with Crippen LogP contribution in [0.1, 0.15) is 24.8 Å². The molecule has 1 aromatic rings. The third-order valence-electron chi connectivity index (χ3n) is 4.79. The van der Waals surface area contributed by atoms with Crippen molar-refractivity contribution >= 4 is 11.9 Å². The topological polar surface area (TPSA) is 66.8 Å². The third kappa shape index (κ3) is 3.29. The van der Waals surface area contributed by atoms with Crippen LogP contribution >= 0.6 is 0 Å². The van der Waals surface area contributed by atoms with Crippen LogP contribution in [0.2, 0.25) is 0 Å². The van der Waals surface area contributed by atoms with E-state index in [-0.39, 0.29) is 31.7 Å². The summed E-state index contributed by atoms with van der Waals surface area (Å²) in [4.78, 5) is 25.0. The van der Waals surface area contributed by atoms with E-state index in [1.807, 2.05) is 0 Å². The lowest BCUT2D eigenvalue weighted by atomic mass is 9.90. The van der Waals surface area contributed by atoms with Gasteiger partial charge >= 0.3 is 5.97 Å². The Morgan fingerprint density at radius 3 is 2.40 bits per heavy atom. The van der Waals surface area contributed by atoms with E-state index in [4.69, 9.17) is 4.74 Å². The minimum atomic E-state index is -2.96. The Kier molecular flexibility index (Phi) is 4.17. The molecule has 0 aromatic heterocycles. The normalized spacial score (nSPS) is 23.8. The summed E-state index contributed by atoms with van der Waals surface area (Å²) in [5.41, 5.74) is -0.974. The van der Waals surface area contributed by atoms with Crippen molar-refractivity contribution in [1.29, 1.82) is 0 Å². The smallest absolute Gasteiger partial charge is 0.348 e. The summed E-state index contributed by atoms with van der Waals surface area (Å²) >= 11 is 0. The van der Waals surface area contributed by atoms with Gasteiger partial charge in [-0.05, 0) is 24.6 Å². The van der Waals surface area contributed by atoms with Crippen LogP contribution in [-0.4, -0.2) is 46.5 Å². The SMILES string of the molecule is Cc1ccc(F)c(OC2(C(=O)O)CCN(C(=O)C3CC3(F)F)CC2)c1. The van der Waals surface area contributed by atoms with Gasteiger partial charge in [0, 0.05) is 32.4 Å². The number of hydrogen-bond donors (Lipinski definition) is 1. The predicted molar refractivity (Wildman–Crippen MR) is 81.0 cm³/mol. The maximum atomic E-state index is 13.9. The molecule has 2 aliphatic rings. The Morgan fingerprint density at radius 2 is 1.88 bits per heavy atom. The van der Waals surface area contributed by atoms with Gasteiger partial charge in [0.1, 0.15) is 5.92 Å². The van der Waals surface area contributed by atoms with Crippen molar-refractivity contribution < 1.29 is 32.6 Å². The molecule has 1 aromatic carbocycles. The van der Waals surface area contributed by atoms with E-state index >= 15 is 0 Å². The molecule has 1 amide bonds. The van der Waals surface area contributed by atoms with Gasteiger partial charge in [0.25, 0.3) is 5.92 Å². The summed E-state index contributed by atoms with van der Waals surface area (Å²) in [6.45, 7) is 1.67. The highest BCUT2D eigenvalue weighted by Crippen LogP contribution is 2.50. The summed E-state index contributed by atoms with van der Waals surface area (Å²) < 4.78 is 45.5. The Hall–Kier alpha value is -2.25. The number of aliphatic carboxylic acids is 1. The van der Waals surface area contributed by atoms with Crippen molar-refractivity contribution in [2.75, 3.05) is 13.1 Å². The number of carboxylic acid groups (broad SMARTS) is 1. The number of benzene rings is 1. The number of carboxylic acids is 1. The van der Waals surface area contributed by atoms with E-state index in [9.17, 15) is 27.9 Å². The monoisotopic (exact) mass is 357 g/mol. The van der Waals surface area contributed by atoms with Crippen LogP contribution in [0.25, 0.3) is 0 Å². The number of hydrogen-bond acceptors (Lipinski definition) is 3. The number of nitrogens with zero attached hydrogens (tertiary/aromatic N) is 1. The summed E-state index contributed by atoms with van der Waals surface area (Å²) in [7, 11) is 0. The lowest BCUT2D eigenvalue weighted by Gasteiger charge is -2.39. The number of aryl methyl sites for hydroxylation is 1. The van der Waals surface area contributed by atoms with Crippen molar-refractivity contribution in [2.45, 2.75) is 37.7 Å². The molecule has 5 nitrogen and oxygen atoms in total. The molecule has 0 radical (unpaired) electrons. The van der Waals surface area contributed by atoms with E-state index < -0.39 is 41.6 Å². The summed E-state index contributed by atoms with van der Waals surface area (Å²) in [6.07, 6.45) is -0.656. The number of ether oxygens (including phenoxy) is 1. The Balaban J connectivity index is 1.72. The zero-order valence-corrected chi connectivity index (χ0v) is 13.6. The fourth-order valence-electron chi connectivity index (χ4n) is 3.05. The number of halogens is 3. The first-order valence-corrected chi connectivity index (χ1v) is 8.00. The van der Waals surface area contributed by atoms with Gasteiger partial charge < -0.3 is 14.7 Å². The second-order valence-electron chi connectivity index (χ2n) is 6.68. The summed E-state index contributed by atoms with van der Waals surface area (Å²) in [5, 5.41) is 9.57. The average Bonchev–Trinajstić information content (AvgIpc) is 3.19. The van der Waals surface area contributed by atoms with Gasteiger partial charge in [-0.1, -0.05) is 6.07 Å². The predicted octanol–water partition coefficient (Wildman–Crippen LogP) is 2.61. The number of amides is 1. The number of carbonyl (C=O) groups excluding carboxylic acids is 1. The van der Waals surface area contributed by atoms with Crippen LogP contribution in [0, 0.1) is 18.7 Å². The molecule has 2 fully saturated rings. The van der Waals surface area contributed by atoms with E-state index in [0.29, 0.717) is 5.56 Å². The molecule has 1 heterocycles. The van der Waals surface area contributed by atoms with E-state index in [2.05, 4.69) is 0 Å². The van der Waals surface area contributed by atoms with E-state index in [0.717, 1.165) is 0 Å². The lowest BCUT2D eigenvalue weighted by molar-refractivity contribution is -0.162. The van der Waals surface area contributed by atoms with Gasteiger partial charge in [-0.3, -0.25) is 4.79 Å². The molecule has 25 heavy (non-hydrogen) atoms. The molecule has 1 unspecified atom stereocenters. The molecule has 1 aliphatic heterocycles. The van der Waals surface area contributed by atoms with Crippen molar-refractivity contribution in [3.8, 4) is 5.75 Å². The largest absolute Gasteiger partial charge is 0.478 e. The van der Waals surface area contributed by atoms with Crippen molar-refractivity contribution in [3.05, 3.63) is 29.6 Å². The molecule has 8 heteroatoms. The molecule has 3 rings (SSSR count). The number of piperidine rings is 1. The molecule has 1 atom stereocenters. The van der Waals surface area contributed by atoms with E-state index in [1.165, 1.54) is 23.1 Å². The van der Waals surface area contributed by atoms with Crippen LogP contribution in [0.15, 0.2) is 18.2 Å². The van der Waals surface area contributed by atoms with Gasteiger partial charge in [-0.25, -0.2) is 18.0 Å². The van der Waals surface area contributed by atoms with Crippen LogP contribution in [0.5, 0.6) is 5.75 Å². The molecule has 136 valence electrons. The second kappa shape index (κ2) is 5.93. The maximum absolute atomic E-state index is 13.9. The zero-order chi connectivity index (χ0) is 18.4. The minimum absolute atomic E-state index is 0.0227. The summed E-state index contributed by atoms with van der Waals surface area (Å²) in [6, 6.07) is 4.13. The zero-order valence-electron chi connectivity index (χ0n) is 13.6. The molecule has 1 aliphatic carbocycles. The third-order valence-corrected chi connectivity index (χ3v) is 4.79. The number of rotatable bonds is 4. The fraction of sp³-hybridized carbons (Fsp3) is 0.529. The molecule has 1 saturated carbocycles. The van der Waals surface area contributed by atoms with Gasteiger partial charge in [-0.15, -0.1) is 0 Å². The van der Waals surface area contributed by atoms with Crippen molar-refractivity contribution in [1.82, 2.24) is 4.90 Å². The number of carbonyl (C=O) groups is 2. The standard InChI is InChI=1S/C17H18F3NO4/c1-10-2-3-12(18)13(8-10)25-16(15(23)24)4-6-21(7-5-16)14(22)11-9-17(11,19)20/h2-3,8,11H,4-7,9H2,1H3,(H,23,24). The van der Waals surface area contributed by atoms with Crippen LogP contribution in [0.4, 0.5) is 13.2 Å². The van der Waals surface area contributed by atoms with Gasteiger partial charge in [0.2, 0.25) is 11.5 Å². The molecular weight excluding hydrogens is 339 g/mol. The lowest BCUT2D eigenvalue weighted by Crippen LogP contribution is -2.54. The van der Waals surface area contributed by atoms with Crippen LogP contribution < -0.4 is 4.74 Å². The molecule has 1 N–H and O–H groups in total. The van der Waals surface area contributed by atoms with Gasteiger partial charge in [-0.2, -0.15) is 0 Å². The second-order valence-corrected chi connectivity index (χ2v) is 6.68. The number of likely N-dealkylation sites (tertiary alicyclic amines) is 1. The van der Waals surface area contributed by atoms with Gasteiger partial charge in [0.15, 0.2) is 11.6 Å². The number of alkyl halides is 2. The van der Waals surface area contributed by atoms with Crippen LogP contribution in [0.3, 0.4) is 0 Å². The summed E-state index contributed by atoms with van der Waals surface area (Å²) in [5.74, 6) is -7.04. The molecular formula is C17H18F3NO4. The molecule has 0 spiro atoms. The van der Waals surface area contributed by atoms with Gasteiger partial charge in [0.05, 0.1) is 0 Å². The van der Waals surface area contributed by atoms with Crippen molar-refractivity contribution in [2.24, 2.45) is 5.92 Å². The quantitative estimate of drug-likeness (QED) is 0.900.